The van der Waals surface area contributed by atoms with E-state index in [1.165, 1.54) is 0 Å². The van der Waals surface area contributed by atoms with Crippen molar-refractivity contribution in [3.05, 3.63) is 0 Å². The molecule has 0 bridgehead atoms. The van der Waals surface area contributed by atoms with Gasteiger partial charge in [-0.25, -0.2) is 0 Å². The molecule has 2 fully saturated rings. The molecule has 2 aliphatic rings. The summed E-state index contributed by atoms with van der Waals surface area (Å²) in [6.07, 6.45) is 5.35. The van der Waals surface area contributed by atoms with Crippen molar-refractivity contribution in [3.8, 4) is 0 Å². The second kappa shape index (κ2) is 3.13. The normalized spacial score (nSPS) is 27.4. The van der Waals surface area contributed by atoms with E-state index in [1.54, 1.807) is 0 Å². The number of rotatable bonds is 0. The molecule has 1 saturated carbocycles. The highest BCUT2D eigenvalue weighted by molar-refractivity contribution is 5.94. The van der Waals surface area contributed by atoms with Crippen LogP contribution < -0.4 is 0 Å². The monoisotopic (exact) mass is 182 g/mol. The highest BCUT2D eigenvalue weighted by Crippen LogP contribution is 2.36. The van der Waals surface area contributed by atoms with Gasteiger partial charge in [0.05, 0.1) is 6.42 Å². The van der Waals surface area contributed by atoms with Crippen molar-refractivity contribution in [2.75, 3.05) is 0 Å². The third kappa shape index (κ3) is 1.47. The molecule has 0 unspecified atom stereocenters. The summed E-state index contributed by atoms with van der Waals surface area (Å²) in [6, 6.07) is 0. The molecule has 0 atom stereocenters. The minimum atomic E-state index is -0.701. The summed E-state index contributed by atoms with van der Waals surface area (Å²) in [6.45, 7) is 0. The van der Waals surface area contributed by atoms with Gasteiger partial charge in [-0.05, 0) is 25.7 Å². The Bertz CT molecular complexity index is 239. The van der Waals surface area contributed by atoms with Crippen LogP contribution in [0.3, 0.4) is 0 Å². The SMILES string of the molecule is O=C1CCC(=O)C2(CCCCC2)O1. The van der Waals surface area contributed by atoms with Crippen molar-refractivity contribution in [1.82, 2.24) is 0 Å². The van der Waals surface area contributed by atoms with E-state index in [0.717, 1.165) is 32.1 Å². The largest absolute Gasteiger partial charge is 0.451 e. The lowest BCUT2D eigenvalue weighted by atomic mass is 9.79. The number of ketones is 1. The Kier molecular flexibility index (Phi) is 2.10. The van der Waals surface area contributed by atoms with Crippen LogP contribution in [0.15, 0.2) is 0 Å². The van der Waals surface area contributed by atoms with Crippen LogP contribution in [-0.2, 0) is 14.3 Å². The van der Waals surface area contributed by atoms with Crippen LogP contribution in [0.1, 0.15) is 44.9 Å². The van der Waals surface area contributed by atoms with Gasteiger partial charge >= 0.3 is 5.97 Å². The van der Waals surface area contributed by atoms with Crippen LogP contribution in [0.4, 0.5) is 0 Å². The summed E-state index contributed by atoms with van der Waals surface area (Å²) in [5.74, 6) is -0.0479. The predicted octanol–water partition coefficient (Wildman–Crippen LogP) is 1.60. The molecule has 2 rings (SSSR count). The van der Waals surface area contributed by atoms with E-state index in [4.69, 9.17) is 4.74 Å². The second-order valence-corrected chi connectivity index (χ2v) is 3.95. The average Bonchev–Trinajstić information content (AvgIpc) is 2.14. The van der Waals surface area contributed by atoms with Gasteiger partial charge in [-0.1, -0.05) is 6.42 Å². The van der Waals surface area contributed by atoms with E-state index in [9.17, 15) is 9.59 Å². The Morgan fingerprint density at radius 1 is 1.00 bits per heavy atom. The standard InChI is InChI=1S/C10H14O3/c11-8-4-5-9(12)13-10(8)6-2-1-3-7-10/h1-7H2. The first-order valence-corrected chi connectivity index (χ1v) is 4.98. The lowest BCUT2D eigenvalue weighted by molar-refractivity contribution is -0.178. The van der Waals surface area contributed by atoms with Crippen LogP contribution in [0.2, 0.25) is 0 Å². The van der Waals surface area contributed by atoms with Crippen LogP contribution in [-0.4, -0.2) is 17.4 Å². The lowest BCUT2D eigenvalue weighted by Gasteiger charge is -2.37. The van der Waals surface area contributed by atoms with Crippen molar-refractivity contribution in [2.24, 2.45) is 0 Å². The van der Waals surface area contributed by atoms with Crippen molar-refractivity contribution in [1.29, 1.82) is 0 Å². The van der Waals surface area contributed by atoms with Crippen LogP contribution in [0, 0.1) is 0 Å². The number of ether oxygens (including phenoxy) is 1. The van der Waals surface area contributed by atoms with Gasteiger partial charge in [0.15, 0.2) is 11.4 Å². The highest BCUT2D eigenvalue weighted by Gasteiger charge is 2.45. The minimum absolute atomic E-state index is 0.145. The summed E-state index contributed by atoms with van der Waals surface area (Å²) < 4.78 is 5.24. The predicted molar refractivity (Wildman–Crippen MR) is 46.1 cm³/mol. The van der Waals surface area contributed by atoms with Gasteiger partial charge in [0.25, 0.3) is 0 Å². The van der Waals surface area contributed by atoms with Crippen LogP contribution in [0.25, 0.3) is 0 Å². The van der Waals surface area contributed by atoms with Gasteiger partial charge < -0.3 is 4.74 Å². The summed E-state index contributed by atoms with van der Waals surface area (Å²) >= 11 is 0. The quantitative estimate of drug-likeness (QED) is 0.534. The van der Waals surface area contributed by atoms with Crippen molar-refractivity contribution in [3.63, 3.8) is 0 Å². The smallest absolute Gasteiger partial charge is 0.307 e. The lowest BCUT2D eigenvalue weighted by Crippen LogP contribution is -2.48. The van der Waals surface area contributed by atoms with E-state index < -0.39 is 5.60 Å². The maximum Gasteiger partial charge on any atom is 0.307 e. The van der Waals surface area contributed by atoms with Gasteiger partial charge in [0.1, 0.15) is 0 Å². The molecule has 0 amide bonds. The third-order valence-corrected chi connectivity index (χ3v) is 3.03. The number of hydrogen-bond acceptors (Lipinski definition) is 3. The molecule has 1 spiro atoms. The summed E-state index contributed by atoms with van der Waals surface area (Å²) in [5, 5.41) is 0. The summed E-state index contributed by atoms with van der Waals surface area (Å²) in [5.41, 5.74) is -0.701. The molecule has 1 heterocycles. The molecular formula is C10H14O3. The molecule has 1 saturated heterocycles. The van der Waals surface area contributed by atoms with Gasteiger partial charge in [-0.15, -0.1) is 0 Å². The second-order valence-electron chi connectivity index (χ2n) is 3.95. The molecule has 3 heteroatoms. The summed E-state index contributed by atoms with van der Waals surface area (Å²) in [7, 11) is 0. The van der Waals surface area contributed by atoms with Crippen molar-refractivity contribution < 1.29 is 14.3 Å². The Labute approximate surface area is 77.4 Å². The third-order valence-electron chi connectivity index (χ3n) is 3.03. The van der Waals surface area contributed by atoms with E-state index >= 15 is 0 Å². The maximum atomic E-state index is 11.6. The topological polar surface area (TPSA) is 43.4 Å². The van der Waals surface area contributed by atoms with E-state index in [-0.39, 0.29) is 18.2 Å². The molecule has 72 valence electrons. The van der Waals surface area contributed by atoms with E-state index in [2.05, 4.69) is 0 Å². The van der Waals surface area contributed by atoms with Gasteiger partial charge in [0, 0.05) is 6.42 Å². The molecule has 13 heavy (non-hydrogen) atoms. The zero-order chi connectivity index (χ0) is 9.31. The Morgan fingerprint density at radius 2 is 1.69 bits per heavy atom. The van der Waals surface area contributed by atoms with Crippen molar-refractivity contribution >= 4 is 11.8 Å². The van der Waals surface area contributed by atoms with Gasteiger partial charge in [-0.3, -0.25) is 9.59 Å². The maximum absolute atomic E-state index is 11.6. The molecule has 0 aromatic heterocycles. The van der Waals surface area contributed by atoms with E-state index in [1.807, 2.05) is 0 Å². The molecule has 0 aromatic carbocycles. The van der Waals surface area contributed by atoms with Gasteiger partial charge in [-0.2, -0.15) is 0 Å². The molecule has 0 aromatic rings. The summed E-state index contributed by atoms with van der Waals surface area (Å²) in [4.78, 5) is 22.7. The van der Waals surface area contributed by atoms with E-state index in [0.29, 0.717) is 6.42 Å². The molecule has 0 N–H and O–H groups in total. The Balaban J connectivity index is 2.16. The minimum Gasteiger partial charge on any atom is -0.451 e. The molecule has 0 radical (unpaired) electrons. The molecule has 1 aliphatic carbocycles. The first-order valence-electron chi connectivity index (χ1n) is 4.98. The fourth-order valence-corrected chi connectivity index (χ4v) is 2.27. The average molecular weight is 182 g/mol. The Morgan fingerprint density at radius 3 is 2.38 bits per heavy atom. The van der Waals surface area contributed by atoms with Crippen LogP contribution >= 0.6 is 0 Å². The molecule has 1 aliphatic heterocycles. The fourth-order valence-electron chi connectivity index (χ4n) is 2.27. The number of carbonyl (C=O) groups is 2. The van der Waals surface area contributed by atoms with Gasteiger partial charge in [0.2, 0.25) is 0 Å². The first-order chi connectivity index (χ1) is 6.23. The number of esters is 1. The van der Waals surface area contributed by atoms with Crippen LogP contribution in [0.5, 0.6) is 0 Å². The van der Waals surface area contributed by atoms with Crippen molar-refractivity contribution in [2.45, 2.75) is 50.5 Å². The number of Topliss-reactive ketones (excluding diaryl/α,β-unsaturated/α-hetero) is 1. The first kappa shape index (κ1) is 8.73. The number of hydrogen-bond donors (Lipinski definition) is 0. The molecule has 3 nitrogen and oxygen atoms in total. The zero-order valence-electron chi connectivity index (χ0n) is 7.67. The number of carbonyl (C=O) groups excluding carboxylic acids is 2. The Hall–Kier alpha value is -0.860. The highest BCUT2D eigenvalue weighted by atomic mass is 16.6. The fraction of sp³-hybridized carbons (Fsp3) is 0.800. The molecular weight excluding hydrogens is 168 g/mol. The zero-order valence-corrected chi connectivity index (χ0v) is 7.67.